The first-order valence-electron chi connectivity index (χ1n) is 11.9. The number of hydrogen-bond donors (Lipinski definition) is 2. The summed E-state index contributed by atoms with van der Waals surface area (Å²) < 4.78 is 0. The van der Waals surface area contributed by atoms with Gasteiger partial charge < -0.3 is 15.1 Å². The highest BCUT2D eigenvalue weighted by molar-refractivity contribution is 6.02. The van der Waals surface area contributed by atoms with E-state index in [-0.39, 0.29) is 18.0 Å². The maximum absolute atomic E-state index is 13.7. The first kappa shape index (κ1) is 21.9. The smallest absolute Gasteiger partial charge is 0.319 e. The van der Waals surface area contributed by atoms with E-state index >= 15 is 0 Å². The number of hydrogen-bond acceptors (Lipinski definition) is 5. The normalized spacial score (nSPS) is 24.6. The van der Waals surface area contributed by atoms with Gasteiger partial charge in [0.05, 0.1) is 17.8 Å². The standard InChI is InChI=1S/C24H33N7O2/c1-15-12-30(16(2)11-29(15)13-17-8-9-17)23(33)31-14-18-20(24(31,3)4)27-28-21(18)26-22(32)19-7-5-6-10-25-19/h5-7,10,15-17H,8-9,11-14H2,1-4H3,(H2,26,27,28,32)/t15-,16-/m0/s1. The Kier molecular flexibility index (Phi) is 5.39. The zero-order valence-corrected chi connectivity index (χ0v) is 19.8. The molecule has 2 aliphatic heterocycles. The quantitative estimate of drug-likeness (QED) is 0.745. The lowest BCUT2D eigenvalue weighted by molar-refractivity contribution is 0.0331. The third-order valence-corrected chi connectivity index (χ3v) is 7.38. The largest absolute Gasteiger partial charge is 0.321 e. The van der Waals surface area contributed by atoms with Crippen LogP contribution in [0.3, 0.4) is 0 Å². The molecule has 1 saturated carbocycles. The molecule has 1 aliphatic carbocycles. The van der Waals surface area contributed by atoms with Crippen LogP contribution in [0.5, 0.6) is 0 Å². The minimum atomic E-state index is -0.554. The van der Waals surface area contributed by atoms with Crippen molar-refractivity contribution >= 4 is 17.8 Å². The second kappa shape index (κ2) is 8.13. The summed E-state index contributed by atoms with van der Waals surface area (Å²) >= 11 is 0. The highest BCUT2D eigenvalue weighted by Gasteiger charge is 2.47. The molecule has 0 radical (unpaired) electrons. The van der Waals surface area contributed by atoms with Crippen molar-refractivity contribution in [3.8, 4) is 0 Å². The van der Waals surface area contributed by atoms with E-state index in [0.29, 0.717) is 24.1 Å². The third-order valence-electron chi connectivity index (χ3n) is 7.38. The molecule has 3 aliphatic rings. The van der Waals surface area contributed by atoms with Gasteiger partial charge in [0.15, 0.2) is 5.82 Å². The maximum Gasteiger partial charge on any atom is 0.321 e. The summed E-state index contributed by atoms with van der Waals surface area (Å²) in [5.41, 5.74) is 1.49. The first-order chi connectivity index (χ1) is 15.8. The van der Waals surface area contributed by atoms with Crippen molar-refractivity contribution in [3.63, 3.8) is 0 Å². The van der Waals surface area contributed by atoms with Crippen molar-refractivity contribution in [2.24, 2.45) is 5.92 Å². The Morgan fingerprint density at radius 3 is 2.67 bits per heavy atom. The van der Waals surface area contributed by atoms with Gasteiger partial charge in [-0.15, -0.1) is 0 Å². The molecule has 0 bridgehead atoms. The molecule has 9 heteroatoms. The lowest BCUT2D eigenvalue weighted by atomic mass is 10.0. The van der Waals surface area contributed by atoms with Crippen LogP contribution in [-0.4, -0.2) is 73.5 Å². The van der Waals surface area contributed by atoms with Gasteiger partial charge in [-0.1, -0.05) is 6.07 Å². The lowest BCUT2D eigenvalue weighted by Crippen LogP contribution is -2.61. The Labute approximate surface area is 194 Å². The molecule has 33 heavy (non-hydrogen) atoms. The summed E-state index contributed by atoms with van der Waals surface area (Å²) in [6.07, 6.45) is 4.26. The summed E-state index contributed by atoms with van der Waals surface area (Å²) in [5.74, 6) is 0.984. The number of amides is 3. The Morgan fingerprint density at radius 2 is 1.97 bits per heavy atom. The van der Waals surface area contributed by atoms with Gasteiger partial charge >= 0.3 is 6.03 Å². The number of fused-ring (bicyclic) bond motifs is 1. The van der Waals surface area contributed by atoms with Crippen molar-refractivity contribution in [2.45, 2.75) is 64.7 Å². The van der Waals surface area contributed by atoms with Gasteiger partial charge in [-0.05, 0) is 58.6 Å². The number of aromatic nitrogens is 3. The minimum Gasteiger partial charge on any atom is -0.319 e. The van der Waals surface area contributed by atoms with E-state index in [1.807, 2.05) is 23.6 Å². The van der Waals surface area contributed by atoms with E-state index < -0.39 is 5.54 Å². The van der Waals surface area contributed by atoms with Crippen molar-refractivity contribution in [3.05, 3.63) is 41.3 Å². The second-order valence-corrected chi connectivity index (χ2v) is 10.3. The van der Waals surface area contributed by atoms with Crippen LogP contribution in [-0.2, 0) is 12.1 Å². The van der Waals surface area contributed by atoms with Crippen LogP contribution >= 0.6 is 0 Å². The number of aromatic amines is 1. The number of nitrogens with one attached hydrogen (secondary N) is 2. The molecule has 5 rings (SSSR count). The molecular formula is C24H33N7O2. The molecule has 2 atom stereocenters. The van der Waals surface area contributed by atoms with Gasteiger partial charge in [-0.3, -0.25) is 19.8 Å². The van der Waals surface area contributed by atoms with Crippen molar-refractivity contribution in [2.75, 3.05) is 25.0 Å². The fraction of sp³-hybridized carbons (Fsp3) is 0.583. The Bertz CT molecular complexity index is 1050. The van der Waals surface area contributed by atoms with E-state index in [1.165, 1.54) is 12.8 Å². The van der Waals surface area contributed by atoms with Gasteiger partial charge in [-0.2, -0.15) is 5.10 Å². The highest BCUT2D eigenvalue weighted by Crippen LogP contribution is 2.41. The fourth-order valence-electron chi connectivity index (χ4n) is 5.10. The number of anilines is 1. The van der Waals surface area contributed by atoms with E-state index in [0.717, 1.165) is 36.8 Å². The fourth-order valence-corrected chi connectivity index (χ4v) is 5.10. The molecule has 2 fully saturated rings. The van der Waals surface area contributed by atoms with Crippen molar-refractivity contribution in [1.82, 2.24) is 29.9 Å². The van der Waals surface area contributed by atoms with E-state index in [9.17, 15) is 9.59 Å². The number of urea groups is 1. The summed E-state index contributed by atoms with van der Waals surface area (Å²) in [4.78, 5) is 36.9. The zero-order valence-electron chi connectivity index (χ0n) is 19.8. The number of carbonyl (C=O) groups is 2. The summed E-state index contributed by atoms with van der Waals surface area (Å²) in [5, 5.41) is 10.3. The minimum absolute atomic E-state index is 0.0389. The molecule has 4 heterocycles. The summed E-state index contributed by atoms with van der Waals surface area (Å²) in [7, 11) is 0. The van der Waals surface area contributed by atoms with Gasteiger partial charge in [0.1, 0.15) is 5.69 Å². The molecule has 3 amide bonds. The molecule has 0 spiro atoms. The zero-order chi connectivity index (χ0) is 23.3. The SMILES string of the molecule is C[C@H]1CN(C(=O)N2Cc3c(NC(=O)c4ccccn4)n[nH]c3C2(C)C)[C@@H](C)CN1CC1CC1. The number of rotatable bonds is 4. The number of pyridine rings is 1. The molecule has 1 saturated heterocycles. The maximum atomic E-state index is 13.7. The van der Waals surface area contributed by atoms with Crippen LogP contribution in [0.2, 0.25) is 0 Å². The van der Waals surface area contributed by atoms with Crippen LogP contribution in [0.4, 0.5) is 10.6 Å². The van der Waals surface area contributed by atoms with Crippen LogP contribution in [0.1, 0.15) is 62.3 Å². The molecule has 0 aromatic carbocycles. The van der Waals surface area contributed by atoms with Crippen LogP contribution in [0.25, 0.3) is 0 Å². The van der Waals surface area contributed by atoms with Crippen molar-refractivity contribution in [1.29, 1.82) is 0 Å². The van der Waals surface area contributed by atoms with E-state index in [4.69, 9.17) is 0 Å². The Hall–Kier alpha value is -2.94. The predicted molar refractivity (Wildman–Crippen MR) is 125 cm³/mol. The first-order valence-corrected chi connectivity index (χ1v) is 11.9. The predicted octanol–water partition coefficient (Wildman–Crippen LogP) is 3.03. The van der Waals surface area contributed by atoms with E-state index in [1.54, 1.807) is 24.4 Å². The van der Waals surface area contributed by atoms with Gasteiger partial charge in [0.2, 0.25) is 0 Å². The number of nitrogens with zero attached hydrogens (tertiary/aromatic N) is 5. The van der Waals surface area contributed by atoms with Crippen LogP contribution in [0, 0.1) is 5.92 Å². The van der Waals surface area contributed by atoms with E-state index in [2.05, 4.69) is 39.2 Å². The summed E-state index contributed by atoms with van der Waals surface area (Å²) in [6, 6.07) is 5.74. The summed E-state index contributed by atoms with van der Waals surface area (Å²) in [6.45, 7) is 11.6. The molecule has 2 aromatic heterocycles. The highest BCUT2D eigenvalue weighted by atomic mass is 16.2. The topological polar surface area (TPSA) is 97.5 Å². The molecular weight excluding hydrogens is 418 g/mol. The monoisotopic (exact) mass is 451 g/mol. The number of carbonyl (C=O) groups excluding carboxylic acids is 2. The van der Waals surface area contributed by atoms with Crippen LogP contribution in [0.15, 0.2) is 24.4 Å². The Balaban J connectivity index is 1.31. The average molecular weight is 452 g/mol. The molecule has 2 aromatic rings. The van der Waals surface area contributed by atoms with Gasteiger partial charge in [0.25, 0.3) is 5.91 Å². The molecule has 0 unspecified atom stereocenters. The third kappa shape index (κ3) is 3.99. The molecule has 9 nitrogen and oxygen atoms in total. The Morgan fingerprint density at radius 1 is 1.18 bits per heavy atom. The number of H-pyrrole nitrogens is 1. The van der Waals surface area contributed by atoms with Gasteiger partial charge in [0, 0.05) is 43.5 Å². The lowest BCUT2D eigenvalue weighted by Gasteiger charge is -2.47. The van der Waals surface area contributed by atoms with Crippen LogP contribution < -0.4 is 5.32 Å². The average Bonchev–Trinajstić information content (AvgIpc) is 3.45. The number of piperazine rings is 1. The van der Waals surface area contributed by atoms with Crippen molar-refractivity contribution < 1.29 is 9.59 Å². The van der Waals surface area contributed by atoms with Gasteiger partial charge in [-0.25, -0.2) is 4.79 Å². The second-order valence-electron chi connectivity index (χ2n) is 10.3. The molecule has 2 N–H and O–H groups in total. The molecule has 176 valence electrons.